The molecule has 0 N–H and O–H groups in total. The molecule has 2 radical (unpaired) electrons. The Kier molecular flexibility index (Phi) is 4.53. The van der Waals surface area contributed by atoms with Crippen LogP contribution in [0.25, 0.3) is 0 Å². The predicted octanol–water partition coefficient (Wildman–Crippen LogP) is 2.04. The maximum atomic E-state index is 6.58. The molecule has 0 aromatic carbocycles. The standard InChI is InChI=1S/C6H10/c1-3-5-6-4-2/h4H,3,5-6H2,1H3. The van der Waals surface area contributed by atoms with E-state index in [9.17, 15) is 0 Å². The molecule has 0 heteroatoms. The fourth-order valence-electron chi connectivity index (χ4n) is 0.306. The number of rotatable bonds is 3. The van der Waals surface area contributed by atoms with Gasteiger partial charge in [-0.2, -0.15) is 0 Å². The molecular weight excluding hydrogens is 72.1 g/mol. The van der Waals surface area contributed by atoms with Crippen molar-refractivity contribution < 1.29 is 0 Å². The summed E-state index contributed by atoms with van der Waals surface area (Å²) in [6, 6.07) is 0. The molecular formula is C6H10. The molecule has 0 rings (SSSR count). The molecule has 0 amide bonds. The monoisotopic (exact) mass is 82.1 g/mol. The van der Waals surface area contributed by atoms with Gasteiger partial charge in [-0.15, -0.1) is 0 Å². The lowest BCUT2D eigenvalue weighted by atomic mass is 10.3. The molecule has 0 unspecified atom stereocenters. The van der Waals surface area contributed by atoms with Crippen LogP contribution in [0.1, 0.15) is 26.2 Å². The minimum atomic E-state index is 0.955. The van der Waals surface area contributed by atoms with E-state index < -0.39 is 0 Å². The van der Waals surface area contributed by atoms with Gasteiger partial charge >= 0.3 is 0 Å². The molecule has 0 nitrogen and oxygen atoms in total. The number of allylic oxidation sites excluding steroid dienone is 1. The number of unbranched alkanes of at least 4 members (excludes halogenated alkanes) is 2. The van der Waals surface area contributed by atoms with Gasteiger partial charge in [0.25, 0.3) is 0 Å². The van der Waals surface area contributed by atoms with Crippen molar-refractivity contribution in [1.82, 2.24) is 0 Å². The van der Waals surface area contributed by atoms with Crippen molar-refractivity contribution in [3.8, 4) is 0 Å². The van der Waals surface area contributed by atoms with Crippen LogP contribution in [0.5, 0.6) is 0 Å². The highest BCUT2D eigenvalue weighted by molar-refractivity contribution is 4.59. The van der Waals surface area contributed by atoms with Gasteiger partial charge in [0.1, 0.15) is 0 Å². The third kappa shape index (κ3) is 3.74. The van der Waals surface area contributed by atoms with Gasteiger partial charge in [-0.3, -0.25) is 0 Å². The maximum Gasteiger partial charge on any atom is -0.0146 e. The molecule has 0 aromatic rings. The molecule has 0 saturated heterocycles. The van der Waals surface area contributed by atoms with E-state index in [0.29, 0.717) is 0 Å². The maximum absolute atomic E-state index is 6.58. The molecule has 0 aromatic heterocycles. The van der Waals surface area contributed by atoms with Gasteiger partial charge in [0.05, 0.1) is 0 Å². The Morgan fingerprint density at radius 1 is 1.67 bits per heavy atom. The fraction of sp³-hybridized carbons (Fsp3) is 0.667. The van der Waals surface area contributed by atoms with Crippen molar-refractivity contribution in [2.75, 3.05) is 0 Å². The minimum Gasteiger partial charge on any atom is -0.0760 e. The Hall–Kier alpha value is -0.260. The molecule has 0 spiro atoms. The Bertz CT molecular complexity index is 29.0. The van der Waals surface area contributed by atoms with Crippen LogP contribution in [-0.4, -0.2) is 0 Å². The SMILES string of the molecule is [C]=CCCCC. The summed E-state index contributed by atoms with van der Waals surface area (Å²) in [6.07, 6.45) is 4.79. The van der Waals surface area contributed by atoms with Crippen molar-refractivity contribution >= 4 is 0 Å². The third-order valence-corrected chi connectivity index (χ3v) is 0.702. The van der Waals surface area contributed by atoms with Crippen LogP contribution in [0.15, 0.2) is 6.08 Å². The second-order valence-electron chi connectivity index (χ2n) is 1.35. The summed E-state index contributed by atoms with van der Waals surface area (Å²) in [6.45, 7) is 8.71. The van der Waals surface area contributed by atoms with E-state index in [1.165, 1.54) is 18.9 Å². The lowest BCUT2D eigenvalue weighted by Gasteiger charge is -1.81. The first-order chi connectivity index (χ1) is 2.91. The zero-order valence-electron chi connectivity index (χ0n) is 4.20. The molecule has 34 valence electrons. The average Bonchev–Trinajstić information content (AvgIpc) is 1.61. The normalized spacial score (nSPS) is 8.17. The van der Waals surface area contributed by atoms with Crippen LogP contribution in [-0.2, 0) is 0 Å². The van der Waals surface area contributed by atoms with E-state index >= 15 is 0 Å². The van der Waals surface area contributed by atoms with Crippen LogP contribution >= 0.6 is 0 Å². The first-order valence-corrected chi connectivity index (χ1v) is 2.40. The summed E-state index contributed by atoms with van der Waals surface area (Å²) < 4.78 is 0. The topological polar surface area (TPSA) is 0 Å². The Labute approximate surface area is 39.9 Å². The van der Waals surface area contributed by atoms with E-state index in [1.807, 2.05) is 0 Å². The molecule has 0 aliphatic rings. The third-order valence-electron chi connectivity index (χ3n) is 0.702. The van der Waals surface area contributed by atoms with Gasteiger partial charge in [-0.1, -0.05) is 25.8 Å². The van der Waals surface area contributed by atoms with Crippen LogP contribution in [0, 0.1) is 6.58 Å². The Balaban J connectivity index is 2.49. The summed E-state index contributed by atoms with van der Waals surface area (Å²) in [4.78, 5) is 0. The lowest BCUT2D eigenvalue weighted by Crippen LogP contribution is -1.62. The van der Waals surface area contributed by atoms with Gasteiger partial charge in [-0.05, 0) is 13.0 Å². The van der Waals surface area contributed by atoms with Crippen LogP contribution < -0.4 is 0 Å². The Morgan fingerprint density at radius 2 is 2.33 bits per heavy atom. The van der Waals surface area contributed by atoms with Crippen molar-refractivity contribution in [3.63, 3.8) is 0 Å². The van der Waals surface area contributed by atoms with Crippen LogP contribution in [0.4, 0.5) is 0 Å². The van der Waals surface area contributed by atoms with E-state index in [1.54, 1.807) is 0 Å². The molecule has 6 heavy (non-hydrogen) atoms. The number of hydrogen-bond acceptors (Lipinski definition) is 0. The summed E-state index contributed by atoms with van der Waals surface area (Å²) >= 11 is 0. The average molecular weight is 82.1 g/mol. The van der Waals surface area contributed by atoms with Crippen molar-refractivity contribution in [2.24, 2.45) is 0 Å². The van der Waals surface area contributed by atoms with Crippen LogP contribution in [0.3, 0.4) is 0 Å². The smallest absolute Gasteiger partial charge is 0.0146 e. The second kappa shape index (κ2) is 4.74. The summed E-state index contributed by atoms with van der Waals surface area (Å²) in [5.74, 6) is 0. The molecule has 0 aliphatic carbocycles. The van der Waals surface area contributed by atoms with Crippen molar-refractivity contribution in [2.45, 2.75) is 26.2 Å². The molecule has 0 heterocycles. The van der Waals surface area contributed by atoms with E-state index in [2.05, 4.69) is 6.92 Å². The fourth-order valence-corrected chi connectivity index (χ4v) is 0.306. The predicted molar refractivity (Wildman–Crippen MR) is 27.3 cm³/mol. The Morgan fingerprint density at radius 3 is 2.50 bits per heavy atom. The number of hydrogen-bond donors (Lipinski definition) is 0. The molecule has 0 fully saturated rings. The van der Waals surface area contributed by atoms with E-state index in [4.69, 9.17) is 6.58 Å². The van der Waals surface area contributed by atoms with E-state index in [-0.39, 0.29) is 0 Å². The highest BCUT2D eigenvalue weighted by Crippen LogP contribution is 1.91. The molecule has 0 bridgehead atoms. The zero-order chi connectivity index (χ0) is 4.83. The largest absolute Gasteiger partial charge is 0.0760 e. The lowest BCUT2D eigenvalue weighted by molar-refractivity contribution is 0.815. The summed E-state index contributed by atoms with van der Waals surface area (Å²) in [5.41, 5.74) is 0. The van der Waals surface area contributed by atoms with Gasteiger partial charge in [-0.25, -0.2) is 0 Å². The molecule has 0 aliphatic heterocycles. The van der Waals surface area contributed by atoms with Gasteiger partial charge in [0, 0.05) is 0 Å². The molecule has 0 saturated carbocycles. The highest BCUT2D eigenvalue weighted by Gasteiger charge is 1.71. The van der Waals surface area contributed by atoms with Gasteiger partial charge < -0.3 is 0 Å². The summed E-state index contributed by atoms with van der Waals surface area (Å²) in [7, 11) is 0. The highest BCUT2D eigenvalue weighted by atomic mass is 13.8. The van der Waals surface area contributed by atoms with Gasteiger partial charge in [0.2, 0.25) is 0 Å². The van der Waals surface area contributed by atoms with Gasteiger partial charge in [0.15, 0.2) is 0 Å². The first kappa shape index (κ1) is 5.74. The van der Waals surface area contributed by atoms with E-state index in [0.717, 1.165) is 6.42 Å². The van der Waals surface area contributed by atoms with Crippen LogP contribution in [0.2, 0.25) is 0 Å². The first-order valence-electron chi connectivity index (χ1n) is 2.40. The summed E-state index contributed by atoms with van der Waals surface area (Å²) in [5, 5.41) is 0. The quantitative estimate of drug-likeness (QED) is 0.457. The minimum absolute atomic E-state index is 0.955. The second-order valence-corrected chi connectivity index (χ2v) is 1.35. The zero-order valence-corrected chi connectivity index (χ0v) is 4.20. The van der Waals surface area contributed by atoms with Crippen molar-refractivity contribution in [3.05, 3.63) is 12.7 Å². The molecule has 0 atom stereocenters. The van der Waals surface area contributed by atoms with Crippen molar-refractivity contribution in [1.29, 1.82) is 0 Å².